The Morgan fingerprint density at radius 2 is 1.65 bits per heavy atom. The van der Waals surface area contributed by atoms with Crippen LogP contribution in [0.15, 0.2) is 30.3 Å². The highest BCUT2D eigenvalue weighted by Crippen LogP contribution is 2.64. The molecule has 0 spiro atoms. The number of hydrogen-bond acceptors (Lipinski definition) is 12. The Balaban J connectivity index is 1.37. The lowest BCUT2D eigenvalue weighted by atomic mass is 9.62. The molecule has 9 unspecified atom stereocenters. The molecule has 1 saturated carbocycles. The molecule has 2 fully saturated rings. The summed E-state index contributed by atoms with van der Waals surface area (Å²) in [6, 6.07) is 8.84. The molecular weight excluding hydrogens is 741 g/mol. The van der Waals surface area contributed by atoms with Gasteiger partial charge in [-0.1, -0.05) is 54.3 Å². The van der Waals surface area contributed by atoms with Crippen molar-refractivity contribution in [1.29, 1.82) is 0 Å². The van der Waals surface area contributed by atoms with Gasteiger partial charge in [-0.25, -0.2) is 0 Å². The molecule has 5 aliphatic rings. The first-order chi connectivity index (χ1) is 26.6. The van der Waals surface area contributed by atoms with Gasteiger partial charge >= 0.3 is 0 Å². The molecular formula is C43H54O10S2. The molecule has 8 rings (SSSR count). The number of methoxy groups -OCH3 is 1. The molecule has 6 bridgehead atoms. The molecule has 2 aliphatic heterocycles. The van der Waals surface area contributed by atoms with E-state index in [9.17, 15) is 30.6 Å². The van der Waals surface area contributed by atoms with Gasteiger partial charge in [-0.3, -0.25) is 0 Å². The molecule has 3 aromatic carbocycles. The number of benzene rings is 3. The van der Waals surface area contributed by atoms with Crippen LogP contribution in [0.2, 0.25) is 0 Å². The van der Waals surface area contributed by atoms with E-state index in [0.29, 0.717) is 41.1 Å². The fourth-order valence-corrected chi connectivity index (χ4v) is 13.8. The fourth-order valence-electron chi connectivity index (χ4n) is 10.2. The van der Waals surface area contributed by atoms with Gasteiger partial charge in [-0.15, -0.1) is 0 Å². The van der Waals surface area contributed by atoms with Crippen LogP contribution in [-0.2, 0) is 0 Å². The van der Waals surface area contributed by atoms with Crippen LogP contribution >= 0.6 is 21.6 Å². The Hall–Kier alpha value is -3.16. The van der Waals surface area contributed by atoms with Gasteiger partial charge < -0.3 is 49.6 Å². The number of phenolic OH excluding ortho intramolecular Hbond substituents is 3. The molecule has 6 N–H and O–H groups in total. The van der Waals surface area contributed by atoms with Gasteiger partial charge in [0, 0.05) is 45.1 Å². The summed E-state index contributed by atoms with van der Waals surface area (Å²) in [5, 5.41) is 68.6. The average molecular weight is 795 g/mol. The first-order valence-electron chi connectivity index (χ1n) is 19.9. The molecule has 3 aromatic rings. The molecule has 12 heteroatoms. The molecule has 298 valence electrons. The summed E-state index contributed by atoms with van der Waals surface area (Å²) in [6.45, 7) is 4.15. The van der Waals surface area contributed by atoms with Crippen LogP contribution < -0.4 is 18.9 Å². The van der Waals surface area contributed by atoms with Crippen LogP contribution in [0.4, 0.5) is 0 Å². The van der Waals surface area contributed by atoms with E-state index >= 15 is 0 Å². The fraction of sp³-hybridized carbons (Fsp3) is 0.581. The van der Waals surface area contributed by atoms with E-state index in [0.717, 1.165) is 66.3 Å². The lowest BCUT2D eigenvalue weighted by molar-refractivity contribution is -0.00436. The normalized spacial score (nSPS) is 29.3. The van der Waals surface area contributed by atoms with E-state index in [1.165, 1.54) is 20.0 Å². The number of aromatic hydroxyl groups is 3. The van der Waals surface area contributed by atoms with Gasteiger partial charge in [0.2, 0.25) is 11.5 Å². The van der Waals surface area contributed by atoms with Gasteiger partial charge in [-0.2, -0.15) is 0 Å². The third kappa shape index (κ3) is 6.98. The summed E-state index contributed by atoms with van der Waals surface area (Å²) >= 11 is 0. The maximum atomic E-state index is 12.9. The highest BCUT2D eigenvalue weighted by atomic mass is 33.1. The molecule has 1 saturated heterocycles. The number of phenols is 3. The molecule has 2 heterocycles. The van der Waals surface area contributed by atoms with Crippen molar-refractivity contribution in [1.82, 2.24) is 0 Å². The topological polar surface area (TPSA) is 158 Å². The zero-order valence-electron chi connectivity index (χ0n) is 31.8. The van der Waals surface area contributed by atoms with Crippen molar-refractivity contribution >= 4 is 21.6 Å². The highest BCUT2D eigenvalue weighted by molar-refractivity contribution is 8.77. The van der Waals surface area contributed by atoms with E-state index < -0.39 is 18.1 Å². The lowest BCUT2D eigenvalue weighted by Gasteiger charge is -2.47. The minimum Gasteiger partial charge on any atom is -0.508 e. The summed E-state index contributed by atoms with van der Waals surface area (Å²) in [4.78, 5) is 0. The number of hydrogen-bond donors (Lipinski definition) is 6. The van der Waals surface area contributed by atoms with Crippen LogP contribution in [0.25, 0.3) is 11.1 Å². The van der Waals surface area contributed by atoms with Gasteiger partial charge in [-0.05, 0) is 97.1 Å². The van der Waals surface area contributed by atoms with E-state index in [2.05, 4.69) is 13.8 Å². The summed E-state index contributed by atoms with van der Waals surface area (Å²) in [5.74, 6) is 0.737. The molecule has 9 atom stereocenters. The maximum Gasteiger partial charge on any atom is 0.207 e. The van der Waals surface area contributed by atoms with E-state index in [1.807, 2.05) is 39.8 Å². The molecule has 3 aliphatic carbocycles. The largest absolute Gasteiger partial charge is 0.508 e. The summed E-state index contributed by atoms with van der Waals surface area (Å²) in [5.41, 5.74) is 4.61. The first-order valence-corrected chi connectivity index (χ1v) is 22.2. The minimum atomic E-state index is -1.15. The second-order valence-corrected chi connectivity index (χ2v) is 19.3. The second-order valence-electron chi connectivity index (χ2n) is 16.4. The third-order valence-corrected chi connectivity index (χ3v) is 16.3. The van der Waals surface area contributed by atoms with E-state index in [4.69, 9.17) is 18.9 Å². The van der Waals surface area contributed by atoms with E-state index in [-0.39, 0.29) is 71.2 Å². The Morgan fingerprint density at radius 3 is 2.42 bits per heavy atom. The number of aliphatic hydroxyl groups is 3. The Morgan fingerprint density at radius 1 is 0.855 bits per heavy atom. The number of ether oxygens (including phenoxy) is 4. The number of aliphatic hydroxyl groups excluding tert-OH is 3. The van der Waals surface area contributed by atoms with Crippen molar-refractivity contribution in [2.75, 3.05) is 33.5 Å². The zero-order valence-corrected chi connectivity index (χ0v) is 33.4. The van der Waals surface area contributed by atoms with Crippen LogP contribution in [0.5, 0.6) is 40.2 Å². The maximum absolute atomic E-state index is 12.9. The van der Waals surface area contributed by atoms with Crippen molar-refractivity contribution in [3.63, 3.8) is 0 Å². The van der Waals surface area contributed by atoms with Crippen molar-refractivity contribution in [2.24, 2.45) is 17.8 Å². The van der Waals surface area contributed by atoms with Gasteiger partial charge in [0.15, 0.2) is 17.6 Å². The summed E-state index contributed by atoms with van der Waals surface area (Å²) < 4.78 is 24.8. The Labute approximate surface area is 331 Å². The molecule has 0 radical (unpaired) electrons. The summed E-state index contributed by atoms with van der Waals surface area (Å²) in [6.07, 6.45) is 5.85. The highest BCUT2D eigenvalue weighted by Gasteiger charge is 2.51. The number of fused-ring (bicyclic) bond motifs is 11. The third-order valence-electron chi connectivity index (χ3n) is 12.8. The van der Waals surface area contributed by atoms with Crippen LogP contribution in [0, 0.1) is 17.8 Å². The standard InChI is InChI=1S/C43H54O10S2/c1-21(2)11-13-51-33-18-29(39(47)43(50-3)40(33)48)42-41(49)38-34-10-7-23(22-5-4-6-25(15-22)54-55-34)16-27-28-17-24(46)8-9-26(28)35-31(52-14-12-44)19-32(53-42)37(38)36(35)30(27)20-45/h8-9,17-19,21-23,25,27,30,34,38,41-42,44-49H,4-7,10-16,20H2,1-3H3. The van der Waals surface area contributed by atoms with Crippen LogP contribution in [0.1, 0.15) is 111 Å². The second kappa shape index (κ2) is 16.0. The molecule has 10 nitrogen and oxygen atoms in total. The van der Waals surface area contributed by atoms with Gasteiger partial charge in [0.05, 0.1) is 26.9 Å². The molecule has 55 heavy (non-hydrogen) atoms. The van der Waals surface area contributed by atoms with E-state index in [1.54, 1.807) is 12.1 Å². The predicted molar refractivity (Wildman–Crippen MR) is 214 cm³/mol. The van der Waals surface area contributed by atoms with Gasteiger partial charge in [0.25, 0.3) is 0 Å². The van der Waals surface area contributed by atoms with Crippen molar-refractivity contribution in [3.05, 3.63) is 52.6 Å². The summed E-state index contributed by atoms with van der Waals surface area (Å²) in [7, 11) is 5.16. The monoisotopic (exact) mass is 794 g/mol. The van der Waals surface area contributed by atoms with Crippen molar-refractivity contribution in [3.8, 4) is 51.4 Å². The lowest BCUT2D eigenvalue weighted by Crippen LogP contribution is -2.41. The zero-order chi connectivity index (χ0) is 38.5. The van der Waals surface area contributed by atoms with Crippen molar-refractivity contribution < 1.29 is 49.6 Å². The number of rotatable bonds is 10. The minimum absolute atomic E-state index is 0.0225. The van der Waals surface area contributed by atoms with Crippen LogP contribution in [-0.4, -0.2) is 80.8 Å². The average Bonchev–Trinajstić information content (AvgIpc) is 3.22. The Bertz CT molecular complexity index is 1880. The van der Waals surface area contributed by atoms with Crippen LogP contribution in [0.3, 0.4) is 0 Å². The quantitative estimate of drug-likeness (QED) is 0.110. The smallest absolute Gasteiger partial charge is 0.207 e. The first kappa shape index (κ1) is 38.7. The van der Waals surface area contributed by atoms with Crippen molar-refractivity contribution in [2.45, 2.75) is 106 Å². The molecule has 0 aromatic heterocycles. The molecule has 0 amide bonds. The van der Waals surface area contributed by atoms with Gasteiger partial charge in [0.1, 0.15) is 30.0 Å². The Kier molecular flexibility index (Phi) is 11.3. The SMILES string of the molecule is COc1c(O)c(OCCC(C)C)cc(C2Oc3cc(OCCO)c4c5c3C(C3CCC(CC(c6cc(O)ccc6-4)C5CO)C4CCCC(C4)SS3)C2O)c1O. The predicted octanol–water partition coefficient (Wildman–Crippen LogP) is 8.15.